The van der Waals surface area contributed by atoms with E-state index in [0.29, 0.717) is 5.96 Å². The molecule has 2 heterocycles. The number of likely N-dealkylation sites (N-methyl/N-ethyl adjacent to an activating group) is 1. The van der Waals surface area contributed by atoms with Crippen molar-refractivity contribution >= 4 is 11.9 Å². The second kappa shape index (κ2) is 4.45. The van der Waals surface area contributed by atoms with Crippen LogP contribution in [0.25, 0.3) is 11.1 Å². The van der Waals surface area contributed by atoms with E-state index in [2.05, 4.69) is 35.1 Å². The van der Waals surface area contributed by atoms with Gasteiger partial charge in [0.1, 0.15) is 6.33 Å². The minimum absolute atomic E-state index is 0.0128. The number of carbonyl (C=O) groups is 1. The third-order valence-electron chi connectivity index (χ3n) is 6.13. The summed E-state index contributed by atoms with van der Waals surface area (Å²) in [7, 11) is 1.71. The van der Waals surface area contributed by atoms with E-state index in [1.165, 1.54) is 16.8 Å². The van der Waals surface area contributed by atoms with Gasteiger partial charge in [-0.25, -0.2) is 15.0 Å². The van der Waals surface area contributed by atoms with Crippen LogP contribution in [0, 0.1) is 11.3 Å². The molecular weight excluding hydrogens is 314 g/mol. The van der Waals surface area contributed by atoms with Gasteiger partial charge in [0.25, 0.3) is 5.91 Å². The zero-order valence-electron chi connectivity index (χ0n) is 14.2. The standard InChI is InChI=1S/C19H19N5O/c1-18-6-12-4-3-11(13-8-21-10-22-9-13)5-14(12)19(15(18)7-18)16(25)24(2)17(20)23-19/h3-5,8-10,15H,6-7H2,1-2H3,(H2,20,23)/t15?,18-,19?/m1/s1. The highest BCUT2D eigenvalue weighted by atomic mass is 16.2. The Kier molecular flexibility index (Phi) is 2.59. The van der Waals surface area contributed by atoms with Gasteiger partial charge in [0.05, 0.1) is 0 Å². The molecule has 1 spiro atoms. The molecule has 2 unspecified atom stereocenters. The number of fused-ring (bicyclic) bond motifs is 4. The predicted octanol–water partition coefficient (Wildman–Crippen LogP) is 1.71. The molecule has 0 radical (unpaired) electrons. The van der Waals surface area contributed by atoms with Crippen molar-refractivity contribution in [2.75, 3.05) is 7.05 Å². The summed E-state index contributed by atoms with van der Waals surface area (Å²) in [6, 6.07) is 6.28. The minimum Gasteiger partial charge on any atom is -0.369 e. The molecule has 6 heteroatoms. The molecule has 1 aromatic heterocycles. The normalized spacial score (nSPS) is 32.4. The average molecular weight is 333 g/mol. The lowest BCUT2D eigenvalue weighted by Gasteiger charge is -2.35. The Bertz CT molecular complexity index is 940. The van der Waals surface area contributed by atoms with E-state index in [1.54, 1.807) is 19.4 Å². The maximum Gasteiger partial charge on any atom is 0.262 e. The first-order chi connectivity index (χ1) is 12.0. The fourth-order valence-corrected chi connectivity index (χ4v) is 4.66. The second-order valence-electron chi connectivity index (χ2n) is 7.69. The van der Waals surface area contributed by atoms with E-state index in [-0.39, 0.29) is 17.2 Å². The number of hydrogen-bond donors (Lipinski definition) is 1. The minimum atomic E-state index is -0.868. The first-order valence-electron chi connectivity index (χ1n) is 8.48. The van der Waals surface area contributed by atoms with Crippen molar-refractivity contribution in [2.45, 2.75) is 25.3 Å². The van der Waals surface area contributed by atoms with Crippen LogP contribution in [0.15, 0.2) is 41.9 Å². The Hall–Kier alpha value is -2.76. The van der Waals surface area contributed by atoms with E-state index < -0.39 is 5.54 Å². The van der Waals surface area contributed by atoms with E-state index in [9.17, 15) is 4.79 Å². The van der Waals surface area contributed by atoms with Crippen molar-refractivity contribution in [2.24, 2.45) is 22.1 Å². The van der Waals surface area contributed by atoms with Crippen LogP contribution in [0.5, 0.6) is 0 Å². The van der Waals surface area contributed by atoms with Gasteiger partial charge in [0, 0.05) is 30.9 Å². The van der Waals surface area contributed by atoms with Crippen molar-refractivity contribution < 1.29 is 4.79 Å². The predicted molar refractivity (Wildman–Crippen MR) is 93.5 cm³/mol. The Morgan fingerprint density at radius 3 is 2.68 bits per heavy atom. The number of nitrogens with zero attached hydrogens (tertiary/aromatic N) is 4. The van der Waals surface area contributed by atoms with Crippen LogP contribution in [-0.4, -0.2) is 33.8 Å². The van der Waals surface area contributed by atoms with E-state index in [1.807, 2.05) is 0 Å². The summed E-state index contributed by atoms with van der Waals surface area (Å²) >= 11 is 0. The summed E-state index contributed by atoms with van der Waals surface area (Å²) in [6.07, 6.45) is 7.06. The highest BCUT2D eigenvalue weighted by molar-refractivity contribution is 6.08. The summed E-state index contributed by atoms with van der Waals surface area (Å²) in [5.74, 6) is 0.507. The maximum absolute atomic E-state index is 13.2. The number of hydrogen-bond acceptors (Lipinski definition) is 5. The summed E-state index contributed by atoms with van der Waals surface area (Å²) in [4.78, 5) is 27.6. The van der Waals surface area contributed by atoms with Gasteiger partial charge in [-0.2, -0.15) is 0 Å². The van der Waals surface area contributed by atoms with Crippen molar-refractivity contribution in [1.82, 2.24) is 14.9 Å². The molecule has 126 valence electrons. The molecule has 1 fully saturated rings. The Balaban J connectivity index is 1.74. The summed E-state index contributed by atoms with van der Waals surface area (Å²) in [5.41, 5.74) is 9.42. The van der Waals surface area contributed by atoms with E-state index in [0.717, 1.165) is 29.5 Å². The molecule has 3 atom stereocenters. The van der Waals surface area contributed by atoms with Gasteiger partial charge in [0.15, 0.2) is 11.5 Å². The van der Waals surface area contributed by atoms with Gasteiger partial charge in [-0.05, 0) is 41.0 Å². The number of aromatic nitrogens is 2. The molecule has 2 N–H and O–H groups in total. The van der Waals surface area contributed by atoms with Gasteiger partial charge < -0.3 is 5.73 Å². The zero-order valence-corrected chi connectivity index (χ0v) is 14.2. The van der Waals surface area contributed by atoms with Gasteiger partial charge in [-0.15, -0.1) is 0 Å². The van der Waals surface area contributed by atoms with Crippen LogP contribution in [0.2, 0.25) is 0 Å². The number of benzene rings is 1. The van der Waals surface area contributed by atoms with Crippen LogP contribution in [0.1, 0.15) is 24.5 Å². The number of carbonyl (C=O) groups excluding carboxylic acids is 1. The van der Waals surface area contributed by atoms with E-state index in [4.69, 9.17) is 10.7 Å². The number of aliphatic imine (C=N–C) groups is 1. The van der Waals surface area contributed by atoms with Crippen LogP contribution in [0.3, 0.4) is 0 Å². The van der Waals surface area contributed by atoms with Crippen molar-refractivity contribution in [1.29, 1.82) is 0 Å². The zero-order chi connectivity index (χ0) is 17.4. The Morgan fingerprint density at radius 1 is 1.24 bits per heavy atom. The fraction of sp³-hybridized carbons (Fsp3) is 0.368. The number of guanidine groups is 1. The van der Waals surface area contributed by atoms with Crippen LogP contribution >= 0.6 is 0 Å². The highest BCUT2D eigenvalue weighted by Gasteiger charge is 2.70. The summed E-state index contributed by atoms with van der Waals surface area (Å²) in [5, 5.41) is 0. The summed E-state index contributed by atoms with van der Waals surface area (Å²) < 4.78 is 0. The van der Waals surface area contributed by atoms with Crippen LogP contribution in [0.4, 0.5) is 0 Å². The molecule has 25 heavy (non-hydrogen) atoms. The van der Waals surface area contributed by atoms with Gasteiger partial charge in [0.2, 0.25) is 0 Å². The number of amides is 1. The van der Waals surface area contributed by atoms with Gasteiger partial charge in [-0.3, -0.25) is 9.69 Å². The molecule has 0 bridgehead atoms. The molecule has 1 aliphatic heterocycles. The first kappa shape index (κ1) is 14.6. The van der Waals surface area contributed by atoms with Crippen molar-refractivity contribution in [3.8, 4) is 11.1 Å². The van der Waals surface area contributed by atoms with E-state index >= 15 is 0 Å². The summed E-state index contributed by atoms with van der Waals surface area (Å²) in [6.45, 7) is 2.25. The largest absolute Gasteiger partial charge is 0.369 e. The topological polar surface area (TPSA) is 84.5 Å². The SMILES string of the molecule is CN1C(=O)C2(N=C1N)c1cc(-c3cncnc3)ccc1C[C@]1(C)CC21. The molecular formula is C19H19N5O. The Labute approximate surface area is 145 Å². The molecule has 1 aromatic carbocycles. The van der Waals surface area contributed by atoms with Gasteiger partial charge >= 0.3 is 0 Å². The quantitative estimate of drug-likeness (QED) is 0.861. The molecule has 5 rings (SSSR count). The smallest absolute Gasteiger partial charge is 0.262 e. The van der Waals surface area contributed by atoms with Crippen LogP contribution < -0.4 is 5.73 Å². The molecule has 3 aliphatic rings. The lowest BCUT2D eigenvalue weighted by Crippen LogP contribution is -2.45. The molecule has 2 aromatic rings. The molecule has 1 saturated carbocycles. The fourth-order valence-electron chi connectivity index (χ4n) is 4.66. The monoisotopic (exact) mass is 333 g/mol. The maximum atomic E-state index is 13.2. The third kappa shape index (κ3) is 1.74. The number of nitrogens with two attached hydrogens (primary N) is 1. The lowest BCUT2D eigenvalue weighted by atomic mass is 9.71. The third-order valence-corrected chi connectivity index (χ3v) is 6.13. The van der Waals surface area contributed by atoms with Crippen molar-refractivity contribution in [3.63, 3.8) is 0 Å². The first-order valence-corrected chi connectivity index (χ1v) is 8.48. The second-order valence-corrected chi connectivity index (χ2v) is 7.69. The van der Waals surface area contributed by atoms with Crippen LogP contribution in [-0.2, 0) is 16.8 Å². The average Bonchev–Trinajstić information content (AvgIpc) is 3.26. The molecule has 2 aliphatic carbocycles. The van der Waals surface area contributed by atoms with Gasteiger partial charge in [-0.1, -0.05) is 19.1 Å². The van der Waals surface area contributed by atoms with Crippen molar-refractivity contribution in [3.05, 3.63) is 48.0 Å². The Morgan fingerprint density at radius 2 is 2.00 bits per heavy atom. The molecule has 6 nitrogen and oxygen atoms in total. The number of rotatable bonds is 1. The molecule has 1 amide bonds. The molecule has 0 saturated heterocycles. The lowest BCUT2D eigenvalue weighted by molar-refractivity contribution is -0.132. The highest BCUT2D eigenvalue weighted by Crippen LogP contribution is 2.68.